The van der Waals surface area contributed by atoms with E-state index in [9.17, 15) is 23.3 Å². The number of ether oxygens (including phenoxy) is 1. The highest BCUT2D eigenvalue weighted by Gasteiger charge is 2.37. The summed E-state index contributed by atoms with van der Waals surface area (Å²) >= 11 is 5.68. The van der Waals surface area contributed by atoms with Crippen LogP contribution in [0.1, 0.15) is 19.3 Å². The molecule has 1 fully saturated rings. The molecule has 0 radical (unpaired) electrons. The van der Waals surface area contributed by atoms with Gasteiger partial charge in [0.25, 0.3) is 5.69 Å². The number of carbonyl (C=O) groups excluding carboxylic acids is 1. The molecule has 10 heteroatoms. The molecule has 0 bridgehead atoms. The summed E-state index contributed by atoms with van der Waals surface area (Å²) in [4.78, 5) is 21.2. The van der Waals surface area contributed by atoms with Gasteiger partial charge in [0.05, 0.1) is 18.5 Å². The number of carbonyl (C=O) groups is 1. The Balaban J connectivity index is 2.30. The number of nitro benzene ring substituents is 1. The largest absolute Gasteiger partial charge is 0.469 e. The van der Waals surface area contributed by atoms with Gasteiger partial charge in [0.2, 0.25) is 10.0 Å². The van der Waals surface area contributed by atoms with Gasteiger partial charge in [0.15, 0.2) is 4.90 Å². The second kappa shape index (κ2) is 6.81. The lowest BCUT2D eigenvalue weighted by Crippen LogP contribution is -2.38. The number of methoxy groups -OCH3 is 1. The number of esters is 1. The molecule has 0 spiro atoms. The van der Waals surface area contributed by atoms with E-state index >= 15 is 0 Å². The van der Waals surface area contributed by atoms with Gasteiger partial charge in [-0.25, -0.2) is 13.1 Å². The van der Waals surface area contributed by atoms with Crippen LogP contribution in [0.4, 0.5) is 5.69 Å². The summed E-state index contributed by atoms with van der Waals surface area (Å²) in [6.07, 6.45) is 1.45. The smallest absolute Gasteiger partial charge is 0.307 e. The maximum atomic E-state index is 12.5. The van der Waals surface area contributed by atoms with Crippen LogP contribution in [0.25, 0.3) is 0 Å². The van der Waals surface area contributed by atoms with Crippen molar-refractivity contribution in [2.45, 2.75) is 30.2 Å². The second-order valence-corrected chi connectivity index (χ2v) is 7.33. The first kappa shape index (κ1) is 17.6. The van der Waals surface area contributed by atoms with Gasteiger partial charge in [0, 0.05) is 17.1 Å². The summed E-state index contributed by atoms with van der Waals surface area (Å²) in [5.41, 5.74) is -0.613. The Labute approximate surface area is 138 Å². The Bertz CT molecular complexity index is 732. The van der Waals surface area contributed by atoms with Crippen molar-refractivity contribution >= 4 is 33.3 Å². The molecule has 126 valence electrons. The van der Waals surface area contributed by atoms with E-state index in [0.717, 1.165) is 25.0 Å². The van der Waals surface area contributed by atoms with Gasteiger partial charge in [-0.3, -0.25) is 14.9 Å². The molecule has 1 N–H and O–H groups in total. The van der Waals surface area contributed by atoms with E-state index in [2.05, 4.69) is 9.46 Å². The van der Waals surface area contributed by atoms with Crippen molar-refractivity contribution in [2.24, 2.45) is 5.92 Å². The number of halogens is 1. The molecule has 0 aromatic heterocycles. The molecule has 1 atom stereocenters. The Kier molecular flexibility index (Phi) is 5.23. The van der Waals surface area contributed by atoms with Crippen LogP contribution in [0, 0.1) is 16.0 Å². The third-order valence-corrected chi connectivity index (χ3v) is 5.29. The van der Waals surface area contributed by atoms with E-state index in [4.69, 9.17) is 11.6 Å². The van der Waals surface area contributed by atoms with Crippen LogP contribution < -0.4 is 4.72 Å². The fourth-order valence-electron chi connectivity index (χ4n) is 2.19. The van der Waals surface area contributed by atoms with Crippen molar-refractivity contribution in [3.05, 3.63) is 33.3 Å². The first-order chi connectivity index (χ1) is 10.7. The van der Waals surface area contributed by atoms with Crippen LogP contribution in [-0.4, -0.2) is 32.5 Å². The summed E-state index contributed by atoms with van der Waals surface area (Å²) in [5, 5.41) is 11.1. The topological polar surface area (TPSA) is 116 Å². The van der Waals surface area contributed by atoms with E-state index in [1.165, 1.54) is 13.2 Å². The molecule has 0 amide bonds. The lowest BCUT2D eigenvalue weighted by Gasteiger charge is -2.17. The zero-order valence-corrected chi connectivity index (χ0v) is 13.8. The van der Waals surface area contributed by atoms with Gasteiger partial charge in [-0.15, -0.1) is 0 Å². The van der Waals surface area contributed by atoms with Crippen molar-refractivity contribution in [3.63, 3.8) is 0 Å². The lowest BCUT2D eigenvalue weighted by atomic mass is 10.1. The zero-order chi connectivity index (χ0) is 17.2. The lowest BCUT2D eigenvalue weighted by molar-refractivity contribution is -0.387. The number of sulfonamides is 1. The van der Waals surface area contributed by atoms with Crippen molar-refractivity contribution in [3.8, 4) is 0 Å². The first-order valence-electron chi connectivity index (χ1n) is 6.77. The van der Waals surface area contributed by atoms with Gasteiger partial charge < -0.3 is 4.74 Å². The third-order valence-electron chi connectivity index (χ3n) is 3.52. The molecule has 0 heterocycles. The van der Waals surface area contributed by atoms with E-state index < -0.39 is 37.5 Å². The van der Waals surface area contributed by atoms with E-state index in [0.29, 0.717) is 0 Å². The van der Waals surface area contributed by atoms with Gasteiger partial charge >= 0.3 is 5.97 Å². The Hall–Kier alpha value is -1.71. The molecule has 0 saturated heterocycles. The van der Waals surface area contributed by atoms with Crippen molar-refractivity contribution in [1.82, 2.24) is 4.72 Å². The summed E-state index contributed by atoms with van der Waals surface area (Å²) in [6.45, 7) is 0. The molecule has 0 unspecified atom stereocenters. The van der Waals surface area contributed by atoms with Crippen LogP contribution >= 0.6 is 11.6 Å². The second-order valence-electron chi connectivity index (χ2n) is 5.21. The van der Waals surface area contributed by atoms with Gasteiger partial charge in [-0.05, 0) is 30.9 Å². The fourth-order valence-corrected chi connectivity index (χ4v) is 3.81. The number of nitrogens with zero attached hydrogens (tertiary/aromatic N) is 1. The van der Waals surface area contributed by atoms with Crippen molar-refractivity contribution in [1.29, 1.82) is 0 Å². The average Bonchev–Trinajstić information content (AvgIpc) is 3.30. The molecule has 1 aromatic rings. The quantitative estimate of drug-likeness (QED) is 0.449. The zero-order valence-electron chi connectivity index (χ0n) is 12.2. The molecule has 1 aromatic carbocycles. The molecule has 1 aliphatic rings. The maximum Gasteiger partial charge on any atom is 0.307 e. The summed E-state index contributed by atoms with van der Waals surface area (Å²) in [5.74, 6) is -0.523. The first-order valence-corrected chi connectivity index (χ1v) is 8.64. The molecule has 1 saturated carbocycles. The highest BCUT2D eigenvalue weighted by molar-refractivity contribution is 7.89. The van der Waals surface area contributed by atoms with E-state index in [1.807, 2.05) is 0 Å². The van der Waals surface area contributed by atoms with Crippen LogP contribution in [0.5, 0.6) is 0 Å². The highest BCUT2D eigenvalue weighted by Crippen LogP contribution is 2.35. The molecular weight excluding hydrogens is 348 g/mol. The summed E-state index contributed by atoms with van der Waals surface area (Å²) in [6, 6.07) is 2.66. The molecule has 1 aliphatic carbocycles. The maximum absolute atomic E-state index is 12.5. The minimum atomic E-state index is -4.17. The van der Waals surface area contributed by atoms with Crippen molar-refractivity contribution in [2.75, 3.05) is 7.11 Å². The number of rotatable bonds is 7. The number of hydrogen-bond donors (Lipinski definition) is 1. The number of hydrogen-bond acceptors (Lipinski definition) is 6. The van der Waals surface area contributed by atoms with E-state index in [1.54, 1.807) is 0 Å². The van der Waals surface area contributed by atoms with Gasteiger partial charge in [0.1, 0.15) is 0 Å². The predicted octanol–water partition coefficient (Wildman–Crippen LogP) is 1.87. The minimum Gasteiger partial charge on any atom is -0.469 e. The number of benzene rings is 1. The monoisotopic (exact) mass is 362 g/mol. The van der Waals surface area contributed by atoms with Crippen molar-refractivity contribution < 1.29 is 22.9 Å². The van der Waals surface area contributed by atoms with Crippen LogP contribution in [0.2, 0.25) is 5.02 Å². The predicted molar refractivity (Wildman–Crippen MR) is 81.6 cm³/mol. The minimum absolute atomic E-state index is 0.0234. The molecular formula is C13H15ClN2O6S. The molecule has 0 aliphatic heterocycles. The van der Waals surface area contributed by atoms with Crippen LogP contribution in [-0.2, 0) is 19.6 Å². The van der Waals surface area contributed by atoms with Gasteiger partial charge in [-0.2, -0.15) is 0 Å². The summed E-state index contributed by atoms with van der Waals surface area (Å²) in [7, 11) is -2.96. The highest BCUT2D eigenvalue weighted by atomic mass is 35.5. The van der Waals surface area contributed by atoms with Crippen LogP contribution in [0.15, 0.2) is 23.1 Å². The number of nitro groups is 1. The summed E-state index contributed by atoms with van der Waals surface area (Å²) < 4.78 is 31.9. The molecule has 8 nitrogen and oxygen atoms in total. The Morgan fingerprint density at radius 1 is 1.52 bits per heavy atom. The third kappa shape index (κ3) is 4.40. The molecule has 2 rings (SSSR count). The normalized spacial score (nSPS) is 15.9. The molecule has 23 heavy (non-hydrogen) atoms. The average molecular weight is 363 g/mol. The fraction of sp³-hybridized carbons (Fsp3) is 0.462. The van der Waals surface area contributed by atoms with Gasteiger partial charge in [-0.1, -0.05) is 11.6 Å². The Morgan fingerprint density at radius 3 is 2.70 bits per heavy atom. The van der Waals surface area contributed by atoms with Crippen LogP contribution in [0.3, 0.4) is 0 Å². The number of nitrogens with one attached hydrogen (secondary N) is 1. The standard InChI is InChI=1S/C13H15ClN2O6S/c1-22-13(17)7-10(8-2-3-8)15-23(20,21)12-5-4-9(14)6-11(12)16(18)19/h4-6,8,10,15H,2-3,7H2,1H3/t10-/m0/s1. The Morgan fingerprint density at radius 2 is 2.17 bits per heavy atom. The SMILES string of the molecule is COC(=O)C[C@H](NS(=O)(=O)c1ccc(Cl)cc1[N+](=O)[O-])C1CC1. The van der Waals surface area contributed by atoms with E-state index in [-0.39, 0.29) is 17.4 Å².